The minimum atomic E-state index is -0.530. The van der Waals surface area contributed by atoms with Crippen LogP contribution < -0.4 is 14.8 Å². The molecule has 1 atom stereocenters. The normalized spacial score (nSPS) is 16.8. The number of aromatic nitrogens is 2. The molecule has 3 rings (SSSR count). The Balaban J connectivity index is 1.67. The molecule has 0 bridgehead atoms. The predicted molar refractivity (Wildman–Crippen MR) is 111 cm³/mol. The molecule has 1 unspecified atom stereocenters. The highest BCUT2D eigenvalue weighted by Crippen LogP contribution is 2.32. The molecular weight excluding hydrogens is 386 g/mol. The van der Waals surface area contributed by atoms with Gasteiger partial charge in [-0.05, 0) is 6.07 Å². The minimum Gasteiger partial charge on any atom is -0.493 e. The number of rotatable bonds is 9. The number of likely N-dealkylation sites (N-methyl/N-ethyl adjacent to an activating group) is 1. The van der Waals surface area contributed by atoms with E-state index in [-0.39, 0.29) is 18.2 Å². The lowest BCUT2D eigenvalue weighted by Gasteiger charge is -2.35. The lowest BCUT2D eigenvalue weighted by Crippen LogP contribution is -2.56. The molecule has 2 amide bonds. The zero-order valence-corrected chi connectivity index (χ0v) is 17.7. The second kappa shape index (κ2) is 10.1. The van der Waals surface area contributed by atoms with E-state index in [4.69, 9.17) is 9.47 Å². The summed E-state index contributed by atoms with van der Waals surface area (Å²) in [7, 11) is 4.95. The zero-order valence-electron chi connectivity index (χ0n) is 17.7. The van der Waals surface area contributed by atoms with Crippen LogP contribution in [0, 0.1) is 0 Å². The summed E-state index contributed by atoms with van der Waals surface area (Å²) in [6, 6.07) is 5.15. The Bertz CT molecular complexity index is 855. The van der Waals surface area contributed by atoms with E-state index < -0.39 is 6.04 Å². The fourth-order valence-corrected chi connectivity index (χ4v) is 3.60. The highest BCUT2D eigenvalue weighted by atomic mass is 16.5. The van der Waals surface area contributed by atoms with E-state index in [9.17, 15) is 9.59 Å². The second-order valence-corrected chi connectivity index (χ2v) is 7.25. The van der Waals surface area contributed by atoms with Gasteiger partial charge in [-0.1, -0.05) is 12.1 Å². The minimum absolute atomic E-state index is 0.0697. The largest absolute Gasteiger partial charge is 0.493 e. The van der Waals surface area contributed by atoms with Gasteiger partial charge in [0.05, 0.1) is 33.0 Å². The van der Waals surface area contributed by atoms with Gasteiger partial charge < -0.3 is 24.3 Å². The number of carbonyl (C=O) groups excluding carboxylic acids is 2. The highest BCUT2D eigenvalue weighted by molar-refractivity contribution is 5.88. The standard InChI is InChI=1S/C21H29N5O4/c1-24(11-12-25-9-7-22-15-25)19(27)13-17-21(28)23-8-10-26(17)14-16-5-4-6-18(29-2)20(16)30-3/h4-7,9,15,17H,8,10-14H2,1-3H3,(H,23,28). The van der Waals surface area contributed by atoms with E-state index in [1.54, 1.807) is 38.7 Å². The predicted octanol–water partition coefficient (Wildman–Crippen LogP) is 0.749. The van der Waals surface area contributed by atoms with Crippen LogP contribution in [0.3, 0.4) is 0 Å². The van der Waals surface area contributed by atoms with Crippen molar-refractivity contribution in [1.82, 2.24) is 24.7 Å². The number of piperazine rings is 1. The average Bonchev–Trinajstić information content (AvgIpc) is 3.27. The van der Waals surface area contributed by atoms with E-state index >= 15 is 0 Å². The quantitative estimate of drug-likeness (QED) is 0.650. The van der Waals surface area contributed by atoms with Crippen LogP contribution >= 0.6 is 0 Å². The van der Waals surface area contributed by atoms with Crippen molar-refractivity contribution < 1.29 is 19.1 Å². The maximum Gasteiger partial charge on any atom is 0.237 e. The lowest BCUT2D eigenvalue weighted by molar-refractivity contribution is -0.138. The third kappa shape index (κ3) is 5.10. The summed E-state index contributed by atoms with van der Waals surface area (Å²) in [5.41, 5.74) is 0.914. The maximum absolute atomic E-state index is 12.8. The van der Waals surface area contributed by atoms with Crippen molar-refractivity contribution in [2.24, 2.45) is 0 Å². The number of nitrogens with one attached hydrogen (secondary N) is 1. The average molecular weight is 415 g/mol. The molecule has 1 aliphatic heterocycles. The number of imidazole rings is 1. The number of nitrogens with zero attached hydrogens (tertiary/aromatic N) is 4. The summed E-state index contributed by atoms with van der Waals surface area (Å²) in [6.07, 6.45) is 5.41. The fraction of sp³-hybridized carbons (Fsp3) is 0.476. The number of amides is 2. The van der Waals surface area contributed by atoms with Crippen molar-refractivity contribution in [3.8, 4) is 11.5 Å². The van der Waals surface area contributed by atoms with Crippen LogP contribution in [-0.4, -0.2) is 78.1 Å². The number of benzene rings is 1. The van der Waals surface area contributed by atoms with Crippen LogP contribution in [0.25, 0.3) is 0 Å². The molecule has 1 fully saturated rings. The third-order valence-electron chi connectivity index (χ3n) is 5.35. The summed E-state index contributed by atoms with van der Waals surface area (Å²) < 4.78 is 12.8. The summed E-state index contributed by atoms with van der Waals surface area (Å²) >= 11 is 0. The lowest BCUT2D eigenvalue weighted by atomic mass is 10.1. The van der Waals surface area contributed by atoms with Gasteiger partial charge in [-0.25, -0.2) is 4.98 Å². The van der Waals surface area contributed by atoms with Crippen molar-refractivity contribution >= 4 is 11.8 Å². The molecule has 0 aliphatic carbocycles. The van der Waals surface area contributed by atoms with Crippen molar-refractivity contribution in [3.63, 3.8) is 0 Å². The highest BCUT2D eigenvalue weighted by Gasteiger charge is 2.33. The first-order valence-electron chi connectivity index (χ1n) is 9.94. The van der Waals surface area contributed by atoms with Crippen LogP contribution in [0.1, 0.15) is 12.0 Å². The number of carbonyl (C=O) groups is 2. The monoisotopic (exact) mass is 415 g/mol. The van der Waals surface area contributed by atoms with Gasteiger partial charge in [0.25, 0.3) is 0 Å². The fourth-order valence-electron chi connectivity index (χ4n) is 3.60. The van der Waals surface area contributed by atoms with Crippen molar-refractivity contribution in [3.05, 3.63) is 42.5 Å². The van der Waals surface area contributed by atoms with Crippen molar-refractivity contribution in [1.29, 1.82) is 0 Å². The molecule has 9 nitrogen and oxygen atoms in total. The van der Waals surface area contributed by atoms with Gasteiger partial charge in [-0.3, -0.25) is 14.5 Å². The van der Waals surface area contributed by atoms with E-state index in [2.05, 4.69) is 10.3 Å². The molecule has 0 spiro atoms. The van der Waals surface area contributed by atoms with E-state index in [1.807, 2.05) is 33.9 Å². The van der Waals surface area contributed by atoms with Gasteiger partial charge in [0, 0.05) is 57.7 Å². The number of hydrogen-bond acceptors (Lipinski definition) is 6. The number of hydrogen-bond donors (Lipinski definition) is 1. The Kier molecular flexibility index (Phi) is 7.29. The molecule has 30 heavy (non-hydrogen) atoms. The SMILES string of the molecule is COc1cccc(CN2CCNC(=O)C2CC(=O)N(C)CCn2ccnc2)c1OC. The molecule has 1 aliphatic rings. The van der Waals surface area contributed by atoms with Crippen LogP contribution in [0.4, 0.5) is 0 Å². The molecule has 2 heterocycles. The smallest absolute Gasteiger partial charge is 0.237 e. The topological polar surface area (TPSA) is 88.9 Å². The van der Waals surface area contributed by atoms with E-state index in [0.29, 0.717) is 44.2 Å². The Hall–Kier alpha value is -3.07. The zero-order chi connectivity index (χ0) is 21.5. The number of methoxy groups -OCH3 is 2. The third-order valence-corrected chi connectivity index (χ3v) is 5.35. The first-order valence-corrected chi connectivity index (χ1v) is 9.94. The van der Waals surface area contributed by atoms with Crippen LogP contribution in [0.15, 0.2) is 36.9 Å². The van der Waals surface area contributed by atoms with Gasteiger partial charge in [-0.15, -0.1) is 0 Å². The van der Waals surface area contributed by atoms with Crippen LogP contribution in [0.2, 0.25) is 0 Å². The van der Waals surface area contributed by atoms with Crippen LogP contribution in [0.5, 0.6) is 11.5 Å². The first-order chi connectivity index (χ1) is 14.5. The van der Waals surface area contributed by atoms with E-state index in [1.165, 1.54) is 0 Å². The van der Waals surface area contributed by atoms with Gasteiger partial charge in [0.1, 0.15) is 0 Å². The summed E-state index contributed by atoms with van der Waals surface area (Å²) in [5.74, 6) is 1.09. The summed E-state index contributed by atoms with van der Waals surface area (Å²) in [6.45, 7) is 2.90. The second-order valence-electron chi connectivity index (χ2n) is 7.25. The van der Waals surface area contributed by atoms with Crippen molar-refractivity contribution in [2.45, 2.75) is 25.6 Å². The summed E-state index contributed by atoms with van der Waals surface area (Å²) in [5, 5.41) is 2.88. The molecule has 9 heteroatoms. The molecule has 1 aromatic carbocycles. The molecule has 1 saturated heterocycles. The first kappa shape index (κ1) is 21.6. The Morgan fingerprint density at radius 1 is 1.33 bits per heavy atom. The van der Waals surface area contributed by atoms with Gasteiger partial charge in [-0.2, -0.15) is 0 Å². The molecule has 162 valence electrons. The molecule has 1 aromatic heterocycles. The Labute approximate surface area is 176 Å². The number of para-hydroxylation sites is 1. The van der Waals surface area contributed by atoms with E-state index in [0.717, 1.165) is 5.56 Å². The van der Waals surface area contributed by atoms with Crippen LogP contribution in [-0.2, 0) is 22.7 Å². The molecule has 2 aromatic rings. The maximum atomic E-state index is 12.8. The van der Waals surface area contributed by atoms with Gasteiger partial charge >= 0.3 is 0 Å². The molecule has 0 radical (unpaired) electrons. The molecule has 0 saturated carbocycles. The molecular formula is C21H29N5O4. The van der Waals surface area contributed by atoms with Crippen molar-refractivity contribution in [2.75, 3.05) is 40.9 Å². The molecule has 1 N–H and O–H groups in total. The summed E-state index contributed by atoms with van der Waals surface area (Å²) in [4.78, 5) is 33.1. The Morgan fingerprint density at radius 2 is 2.17 bits per heavy atom. The van der Waals surface area contributed by atoms with Gasteiger partial charge in [0.15, 0.2) is 11.5 Å². The Morgan fingerprint density at radius 3 is 2.87 bits per heavy atom. The van der Waals surface area contributed by atoms with Gasteiger partial charge in [0.2, 0.25) is 11.8 Å². The number of ether oxygens (including phenoxy) is 2.